The summed E-state index contributed by atoms with van der Waals surface area (Å²) < 4.78 is 5.48. The maximum atomic E-state index is 11.9. The van der Waals surface area contributed by atoms with E-state index in [9.17, 15) is 4.79 Å². The average molecular weight is 338 g/mol. The number of amides is 1. The second-order valence-electron chi connectivity index (χ2n) is 5.91. The molecule has 3 rings (SSSR count). The van der Waals surface area contributed by atoms with Crippen LogP contribution >= 0.6 is 0 Å². The number of carbonyl (C=O) groups excluding carboxylic acids is 1. The molecule has 1 fully saturated rings. The van der Waals surface area contributed by atoms with Crippen molar-refractivity contribution in [3.8, 4) is 5.75 Å². The quantitative estimate of drug-likeness (QED) is 0.672. The highest BCUT2D eigenvalue weighted by atomic mass is 16.5. The van der Waals surface area contributed by atoms with Crippen LogP contribution < -0.4 is 15.1 Å². The van der Waals surface area contributed by atoms with E-state index in [0.29, 0.717) is 5.56 Å². The molecule has 1 aromatic heterocycles. The Morgan fingerprint density at radius 3 is 2.84 bits per heavy atom. The van der Waals surface area contributed by atoms with Crippen LogP contribution in [0.2, 0.25) is 0 Å². The van der Waals surface area contributed by atoms with E-state index >= 15 is 0 Å². The normalized spacial score (nSPS) is 14.5. The lowest BCUT2D eigenvalue weighted by Gasteiger charge is -2.29. The average Bonchev–Trinajstić information content (AvgIpc) is 2.69. The standard InChI is InChI=1S/C19H22N4O2/c1-25-18-12-17(23-10-3-2-4-11-23)8-7-15(18)14-21-22-19(24)16-6-5-9-20-13-16/h5-9,12-14H,2-4,10-11H2,1H3,(H,22,24)/b21-14-. The van der Waals surface area contributed by atoms with Crippen LogP contribution in [0.25, 0.3) is 0 Å². The van der Waals surface area contributed by atoms with Crippen LogP contribution in [0.5, 0.6) is 5.75 Å². The number of hydrazone groups is 1. The minimum Gasteiger partial charge on any atom is -0.496 e. The van der Waals surface area contributed by atoms with Crippen molar-refractivity contribution >= 4 is 17.8 Å². The number of methoxy groups -OCH3 is 1. The van der Waals surface area contributed by atoms with Crippen molar-refractivity contribution in [3.63, 3.8) is 0 Å². The fraction of sp³-hybridized carbons (Fsp3) is 0.316. The molecule has 0 saturated carbocycles. The molecule has 130 valence electrons. The summed E-state index contributed by atoms with van der Waals surface area (Å²) in [7, 11) is 1.64. The molecule has 6 nitrogen and oxygen atoms in total. The number of carbonyl (C=O) groups is 1. The van der Waals surface area contributed by atoms with Crippen molar-refractivity contribution in [2.75, 3.05) is 25.1 Å². The zero-order chi connectivity index (χ0) is 17.5. The molecule has 0 unspecified atom stereocenters. The smallest absolute Gasteiger partial charge is 0.272 e. The zero-order valence-corrected chi connectivity index (χ0v) is 14.3. The van der Waals surface area contributed by atoms with Gasteiger partial charge in [0.15, 0.2) is 0 Å². The van der Waals surface area contributed by atoms with Gasteiger partial charge in [-0.05, 0) is 43.5 Å². The first kappa shape index (κ1) is 17.0. The third kappa shape index (κ3) is 4.35. The first-order chi connectivity index (χ1) is 12.3. The largest absolute Gasteiger partial charge is 0.496 e. The van der Waals surface area contributed by atoms with Gasteiger partial charge in [0.2, 0.25) is 0 Å². The molecule has 0 spiro atoms. The second-order valence-corrected chi connectivity index (χ2v) is 5.91. The van der Waals surface area contributed by atoms with Crippen LogP contribution in [0.4, 0.5) is 5.69 Å². The van der Waals surface area contributed by atoms with Gasteiger partial charge in [0.1, 0.15) is 5.75 Å². The van der Waals surface area contributed by atoms with Crippen LogP contribution in [0.3, 0.4) is 0 Å². The van der Waals surface area contributed by atoms with E-state index < -0.39 is 0 Å². The number of hydrogen-bond donors (Lipinski definition) is 1. The summed E-state index contributed by atoms with van der Waals surface area (Å²) in [6, 6.07) is 9.45. The van der Waals surface area contributed by atoms with Crippen molar-refractivity contribution < 1.29 is 9.53 Å². The Bertz CT molecular complexity index is 740. The van der Waals surface area contributed by atoms with Crippen molar-refractivity contribution in [2.45, 2.75) is 19.3 Å². The van der Waals surface area contributed by atoms with Gasteiger partial charge in [0.25, 0.3) is 5.91 Å². The van der Waals surface area contributed by atoms with E-state index in [4.69, 9.17) is 4.74 Å². The summed E-state index contributed by atoms with van der Waals surface area (Å²) in [5, 5.41) is 4.02. The molecule has 0 atom stereocenters. The van der Waals surface area contributed by atoms with Gasteiger partial charge in [-0.2, -0.15) is 5.10 Å². The fourth-order valence-corrected chi connectivity index (χ4v) is 2.88. The molecule has 25 heavy (non-hydrogen) atoms. The maximum Gasteiger partial charge on any atom is 0.272 e. The monoisotopic (exact) mass is 338 g/mol. The number of rotatable bonds is 5. The molecule has 6 heteroatoms. The molecule has 1 aliphatic heterocycles. The lowest BCUT2D eigenvalue weighted by Crippen LogP contribution is -2.29. The highest BCUT2D eigenvalue weighted by Crippen LogP contribution is 2.26. The summed E-state index contributed by atoms with van der Waals surface area (Å²) >= 11 is 0. The summed E-state index contributed by atoms with van der Waals surface area (Å²) in [5.41, 5.74) is 4.94. The minimum absolute atomic E-state index is 0.298. The number of piperidine rings is 1. The van der Waals surface area contributed by atoms with Crippen LogP contribution in [-0.4, -0.2) is 37.3 Å². The van der Waals surface area contributed by atoms with E-state index in [1.807, 2.05) is 12.1 Å². The lowest BCUT2D eigenvalue weighted by molar-refractivity contribution is 0.0955. The molecule has 2 aromatic rings. The summed E-state index contributed by atoms with van der Waals surface area (Å²) in [6.07, 6.45) is 8.47. The highest BCUT2D eigenvalue weighted by molar-refractivity contribution is 5.94. The van der Waals surface area contributed by atoms with Gasteiger partial charge in [-0.15, -0.1) is 0 Å². The van der Waals surface area contributed by atoms with Crippen LogP contribution in [0, 0.1) is 0 Å². The zero-order valence-electron chi connectivity index (χ0n) is 14.3. The molecule has 2 heterocycles. The molecule has 0 radical (unpaired) electrons. The molecule has 1 N–H and O–H groups in total. The van der Waals surface area contributed by atoms with E-state index in [-0.39, 0.29) is 5.91 Å². The van der Waals surface area contributed by atoms with Gasteiger partial charge in [-0.3, -0.25) is 9.78 Å². The van der Waals surface area contributed by atoms with Gasteiger partial charge in [-0.1, -0.05) is 0 Å². The maximum absolute atomic E-state index is 11.9. The van der Waals surface area contributed by atoms with E-state index in [0.717, 1.165) is 30.1 Å². The molecule has 1 aromatic carbocycles. The third-order valence-electron chi connectivity index (χ3n) is 4.23. The van der Waals surface area contributed by atoms with Crippen molar-refractivity contribution in [1.29, 1.82) is 0 Å². The first-order valence-corrected chi connectivity index (χ1v) is 8.44. The Morgan fingerprint density at radius 2 is 2.12 bits per heavy atom. The van der Waals surface area contributed by atoms with Crippen molar-refractivity contribution in [1.82, 2.24) is 10.4 Å². The number of benzene rings is 1. The van der Waals surface area contributed by atoms with Crippen LogP contribution in [0.1, 0.15) is 35.2 Å². The molecule has 1 aliphatic rings. The molecule has 1 saturated heterocycles. The molecular formula is C19H22N4O2. The predicted molar refractivity (Wildman–Crippen MR) is 98.4 cm³/mol. The predicted octanol–water partition coefficient (Wildman–Crippen LogP) is 2.84. The highest BCUT2D eigenvalue weighted by Gasteiger charge is 2.13. The third-order valence-corrected chi connectivity index (χ3v) is 4.23. The van der Waals surface area contributed by atoms with Crippen molar-refractivity contribution in [2.24, 2.45) is 5.10 Å². The lowest BCUT2D eigenvalue weighted by atomic mass is 10.1. The van der Waals surface area contributed by atoms with Gasteiger partial charge in [0.05, 0.1) is 18.9 Å². The van der Waals surface area contributed by atoms with Crippen LogP contribution in [0.15, 0.2) is 47.8 Å². The number of aromatic nitrogens is 1. The molecular weight excluding hydrogens is 316 g/mol. The van der Waals surface area contributed by atoms with E-state index in [1.165, 1.54) is 25.5 Å². The van der Waals surface area contributed by atoms with E-state index in [1.54, 1.807) is 31.7 Å². The van der Waals surface area contributed by atoms with Gasteiger partial charge in [-0.25, -0.2) is 5.43 Å². The molecule has 0 aliphatic carbocycles. The Balaban J connectivity index is 1.68. The number of nitrogens with one attached hydrogen (secondary N) is 1. The topological polar surface area (TPSA) is 66.8 Å². The Morgan fingerprint density at radius 1 is 1.28 bits per heavy atom. The Hall–Kier alpha value is -2.89. The van der Waals surface area contributed by atoms with Gasteiger partial charge < -0.3 is 9.64 Å². The SMILES string of the molecule is COc1cc(N2CCCCC2)ccc1/C=N\NC(=O)c1cccnc1. The first-order valence-electron chi connectivity index (χ1n) is 8.44. The number of nitrogens with zero attached hydrogens (tertiary/aromatic N) is 3. The van der Waals surface area contributed by atoms with Gasteiger partial charge >= 0.3 is 0 Å². The number of ether oxygens (including phenoxy) is 1. The number of hydrogen-bond acceptors (Lipinski definition) is 5. The number of anilines is 1. The summed E-state index contributed by atoms with van der Waals surface area (Å²) in [6.45, 7) is 2.16. The Kier molecular flexibility index (Phi) is 5.61. The molecule has 1 amide bonds. The van der Waals surface area contributed by atoms with E-state index in [2.05, 4.69) is 26.5 Å². The fourth-order valence-electron chi connectivity index (χ4n) is 2.88. The van der Waals surface area contributed by atoms with Crippen LogP contribution in [-0.2, 0) is 0 Å². The van der Waals surface area contributed by atoms with Gasteiger partial charge in [0, 0.05) is 42.8 Å². The molecule has 0 bridgehead atoms. The second kappa shape index (κ2) is 8.28. The van der Waals surface area contributed by atoms with Crippen molar-refractivity contribution in [3.05, 3.63) is 53.9 Å². The Labute approximate surface area is 147 Å². The minimum atomic E-state index is -0.298. The summed E-state index contributed by atoms with van der Waals surface area (Å²) in [5.74, 6) is 0.440. The number of pyridine rings is 1. The summed E-state index contributed by atoms with van der Waals surface area (Å²) in [4.78, 5) is 18.2.